The third-order valence-electron chi connectivity index (χ3n) is 10.4. The fraction of sp³-hybridized carbons (Fsp3) is 0.308. The number of imide groups is 1. The van der Waals surface area contributed by atoms with Crippen LogP contribution < -0.4 is 34.8 Å². The van der Waals surface area contributed by atoms with Gasteiger partial charge in [0.25, 0.3) is 5.91 Å². The van der Waals surface area contributed by atoms with Gasteiger partial charge in [0, 0.05) is 37.9 Å². The lowest BCUT2D eigenvalue weighted by atomic mass is 9.91. The van der Waals surface area contributed by atoms with Crippen molar-refractivity contribution in [2.24, 2.45) is 7.05 Å². The van der Waals surface area contributed by atoms with Crippen LogP contribution in [-0.2, 0) is 32.8 Å². The van der Waals surface area contributed by atoms with Crippen LogP contribution >= 0.6 is 11.0 Å². The molecule has 0 radical (unpaired) electrons. The van der Waals surface area contributed by atoms with Crippen molar-refractivity contribution < 1.29 is 42.1 Å². The maximum Gasteiger partial charge on any atom is 0.329 e. The molecule has 1 unspecified atom stereocenters. The molecule has 0 saturated carbocycles. The minimum Gasteiger partial charge on any atom is -0.492 e. The van der Waals surface area contributed by atoms with Gasteiger partial charge in [-0.15, -0.1) is 0 Å². The Hall–Kier alpha value is -5.95. The Labute approximate surface area is 326 Å². The first-order valence-electron chi connectivity index (χ1n) is 18.3. The molecule has 1 aromatic heterocycles. The number of carbonyl (C=O) groups excluding carboxylic acids is 4. The molecule has 5 aromatic rings. The van der Waals surface area contributed by atoms with Crippen molar-refractivity contribution in [2.45, 2.75) is 31.4 Å². The molecule has 0 aliphatic carbocycles. The molecule has 8 rings (SSSR count). The Bertz CT molecular complexity index is 2490. The summed E-state index contributed by atoms with van der Waals surface area (Å²) in [5, 5.41) is 5.72. The molecule has 16 nitrogen and oxygen atoms in total. The zero-order valence-corrected chi connectivity index (χ0v) is 31.6. The minimum absolute atomic E-state index is 0.0278. The molecule has 57 heavy (non-hydrogen) atoms. The summed E-state index contributed by atoms with van der Waals surface area (Å²) >= 11 is 0. The molecular formula is C39H40FN7O9S. The van der Waals surface area contributed by atoms with E-state index in [1.165, 1.54) is 15.2 Å². The maximum atomic E-state index is 16.3. The van der Waals surface area contributed by atoms with Gasteiger partial charge >= 0.3 is 5.69 Å². The van der Waals surface area contributed by atoms with Crippen LogP contribution in [0.5, 0.6) is 11.5 Å². The van der Waals surface area contributed by atoms with Crippen LogP contribution in [0.4, 0.5) is 10.1 Å². The number of hydrogen-bond acceptors (Lipinski definition) is 11. The first-order chi connectivity index (χ1) is 27.4. The van der Waals surface area contributed by atoms with Crippen molar-refractivity contribution in [1.29, 1.82) is 0 Å². The van der Waals surface area contributed by atoms with Gasteiger partial charge in [0.1, 0.15) is 43.0 Å². The number of likely N-dealkylation sites (tertiary alicyclic amines) is 1. The van der Waals surface area contributed by atoms with E-state index in [2.05, 4.69) is 15.4 Å². The average Bonchev–Trinajstić information content (AvgIpc) is 3.58. The van der Waals surface area contributed by atoms with Gasteiger partial charge in [0.2, 0.25) is 17.7 Å². The van der Waals surface area contributed by atoms with E-state index in [1.807, 2.05) is 53.4 Å². The summed E-state index contributed by atoms with van der Waals surface area (Å²) in [5.74, 6) is -2.04. The lowest BCUT2D eigenvalue weighted by Gasteiger charge is -2.39. The van der Waals surface area contributed by atoms with Gasteiger partial charge in [-0.05, 0) is 64.2 Å². The second-order valence-corrected chi connectivity index (χ2v) is 16.0. The number of fused-ring (bicyclic) bond motifs is 2. The second kappa shape index (κ2) is 15.2. The Morgan fingerprint density at radius 1 is 0.965 bits per heavy atom. The summed E-state index contributed by atoms with van der Waals surface area (Å²) in [7, 11) is -2.20. The fourth-order valence-corrected chi connectivity index (χ4v) is 8.73. The van der Waals surface area contributed by atoms with E-state index >= 15 is 4.39 Å². The molecule has 0 bridgehead atoms. The summed E-state index contributed by atoms with van der Waals surface area (Å²) in [4.78, 5) is 64.2. The highest BCUT2D eigenvalue weighted by Gasteiger charge is 2.39. The first-order valence-corrected chi connectivity index (χ1v) is 19.8. The van der Waals surface area contributed by atoms with Gasteiger partial charge in [-0.2, -0.15) is 0 Å². The molecule has 3 aliphatic rings. The van der Waals surface area contributed by atoms with Crippen molar-refractivity contribution >= 4 is 62.1 Å². The molecule has 3 aliphatic heterocycles. The number of nitrogens with one attached hydrogen (secondary N) is 3. The van der Waals surface area contributed by atoms with Gasteiger partial charge in [0.15, 0.2) is 5.82 Å². The van der Waals surface area contributed by atoms with Crippen LogP contribution in [0.15, 0.2) is 77.6 Å². The first kappa shape index (κ1) is 37.9. The third-order valence-corrected chi connectivity index (χ3v) is 11.9. The van der Waals surface area contributed by atoms with E-state index in [0.717, 1.165) is 15.4 Å². The van der Waals surface area contributed by atoms with Gasteiger partial charge in [0.05, 0.1) is 24.1 Å². The van der Waals surface area contributed by atoms with E-state index in [1.54, 1.807) is 25.2 Å². The van der Waals surface area contributed by atoms with Gasteiger partial charge < -0.3 is 14.8 Å². The monoisotopic (exact) mass is 801 g/mol. The number of benzene rings is 4. The molecule has 5 N–H and O–H groups in total. The molecule has 4 heterocycles. The van der Waals surface area contributed by atoms with Crippen LogP contribution in [0, 0.1) is 5.82 Å². The van der Waals surface area contributed by atoms with Gasteiger partial charge in [-0.25, -0.2) is 18.2 Å². The Morgan fingerprint density at radius 3 is 2.49 bits per heavy atom. The van der Waals surface area contributed by atoms with Crippen LogP contribution in [-0.4, -0.2) is 86.1 Å². The van der Waals surface area contributed by atoms with Crippen molar-refractivity contribution in [1.82, 2.24) is 29.4 Å². The summed E-state index contributed by atoms with van der Waals surface area (Å²) < 4.78 is 55.2. The number of piperidine rings is 1. The van der Waals surface area contributed by atoms with Gasteiger partial charge in [-0.3, -0.25) is 47.6 Å². The highest BCUT2D eigenvalue weighted by Crippen LogP contribution is 2.51. The number of aryl methyl sites for hydroxylation is 1. The number of nitrogens with zero attached hydrogens (tertiary/aromatic N) is 4. The van der Waals surface area contributed by atoms with Gasteiger partial charge in [-0.1, -0.05) is 42.5 Å². The number of aromatic nitrogens is 2. The smallest absolute Gasteiger partial charge is 0.329 e. The second-order valence-electron chi connectivity index (χ2n) is 14.3. The lowest BCUT2D eigenvalue weighted by Crippen LogP contribution is -2.49. The SMILES string of the molecule is Cn1c(=O)n(C2CCC(=O)NC2=O)c2ccc(C3CN(CC(=O)NCCOc4ccc5cc(OCc6ccccc6)c(N6CC(=O)NS6(O)O)c(F)c5c4)C3)cc21. The Morgan fingerprint density at radius 2 is 1.75 bits per heavy atom. The number of imidazole rings is 1. The highest BCUT2D eigenvalue weighted by atomic mass is 32.3. The topological polar surface area (TPSA) is 197 Å². The number of carbonyl (C=O) groups is 4. The van der Waals surface area contributed by atoms with Crippen LogP contribution in [0.3, 0.4) is 0 Å². The molecule has 298 valence electrons. The summed E-state index contributed by atoms with van der Waals surface area (Å²) in [6, 6.07) is 20.5. The highest BCUT2D eigenvalue weighted by molar-refractivity contribution is 8.24. The molecule has 3 fully saturated rings. The fourth-order valence-electron chi connectivity index (χ4n) is 7.52. The van der Waals surface area contributed by atoms with E-state index in [9.17, 15) is 33.1 Å². The molecule has 1 atom stereocenters. The number of halogens is 1. The predicted octanol–water partition coefficient (Wildman–Crippen LogP) is 3.30. The Balaban J connectivity index is 0.863. The number of anilines is 1. The molecule has 4 amide bonds. The largest absolute Gasteiger partial charge is 0.492 e. The third kappa shape index (κ3) is 7.51. The van der Waals surface area contributed by atoms with Crippen molar-refractivity contribution in [3.63, 3.8) is 0 Å². The molecule has 4 aromatic carbocycles. The van der Waals surface area contributed by atoms with Crippen molar-refractivity contribution in [2.75, 3.05) is 43.6 Å². The average molecular weight is 802 g/mol. The number of ether oxygens (including phenoxy) is 2. The van der Waals surface area contributed by atoms with E-state index in [4.69, 9.17) is 9.47 Å². The summed E-state index contributed by atoms with van der Waals surface area (Å²) in [5.41, 5.74) is 2.52. The lowest BCUT2D eigenvalue weighted by molar-refractivity contribution is -0.135. The normalized spacial score (nSPS) is 19.0. The van der Waals surface area contributed by atoms with Crippen LogP contribution in [0.1, 0.15) is 35.9 Å². The van der Waals surface area contributed by atoms with E-state index < -0.39 is 41.2 Å². The minimum atomic E-state index is -3.85. The van der Waals surface area contributed by atoms with E-state index in [-0.39, 0.29) is 79.4 Å². The Kier molecular flexibility index (Phi) is 10.1. The summed E-state index contributed by atoms with van der Waals surface area (Å²) in [6.45, 7) is 1.31. The van der Waals surface area contributed by atoms with Crippen molar-refractivity contribution in [3.8, 4) is 11.5 Å². The van der Waals surface area contributed by atoms with Crippen LogP contribution in [0.2, 0.25) is 0 Å². The van der Waals surface area contributed by atoms with E-state index in [0.29, 0.717) is 35.3 Å². The number of amides is 4. The summed E-state index contributed by atoms with van der Waals surface area (Å²) in [6.07, 6.45) is 0.426. The van der Waals surface area contributed by atoms with Crippen LogP contribution in [0.25, 0.3) is 21.8 Å². The molecule has 18 heteroatoms. The quantitative estimate of drug-likeness (QED) is 0.0918. The molecular weight excluding hydrogens is 762 g/mol. The van der Waals surface area contributed by atoms with Crippen molar-refractivity contribution in [3.05, 3.63) is 100 Å². The number of rotatable bonds is 12. The molecule has 3 saturated heterocycles. The predicted molar refractivity (Wildman–Crippen MR) is 209 cm³/mol. The number of hydrogen-bond donors (Lipinski definition) is 5. The standard InChI is InChI=1S/C39H40FN7O9S/c1-44-31-15-24(8-10-29(31)47(39(44)52)30-11-12-33(48)42-38(30)51)26-18-45(19-26)20-34(49)41-13-14-55-27-9-7-25-16-32(56-22-23-5-3-2-4-6-23)37(36(40)28(25)17-27)46-21-35(50)43-57(46,53)54/h2-10,15-17,26,30,53-54H,11-14,18-22H2,1H3,(H,41,49)(H,43,50)(H,42,48,51). The maximum absolute atomic E-state index is 16.3. The zero-order chi connectivity index (χ0) is 40.0. The molecule has 0 spiro atoms. The zero-order valence-electron chi connectivity index (χ0n) is 30.8.